The Bertz CT molecular complexity index is 1520. The van der Waals surface area contributed by atoms with Crippen LogP contribution in [-0.2, 0) is 17.6 Å². The molecule has 2 N–H and O–H groups in total. The molecule has 0 spiro atoms. The summed E-state index contributed by atoms with van der Waals surface area (Å²) in [6.07, 6.45) is 2.96. The van der Waals surface area contributed by atoms with Gasteiger partial charge in [-0.25, -0.2) is 18.7 Å². The lowest BCUT2D eigenvalue weighted by Crippen LogP contribution is -2.27. The number of halogens is 2. The molecule has 1 heterocycles. The highest BCUT2D eigenvalue weighted by atomic mass is 19.1. The number of nitrogens with one attached hydrogen (secondary N) is 1. The van der Waals surface area contributed by atoms with Crippen molar-refractivity contribution in [1.29, 1.82) is 0 Å². The van der Waals surface area contributed by atoms with E-state index in [9.17, 15) is 23.5 Å². The summed E-state index contributed by atoms with van der Waals surface area (Å²) in [5.41, 5.74) is 5.38. The van der Waals surface area contributed by atoms with Crippen molar-refractivity contribution in [3.8, 4) is 11.3 Å². The van der Waals surface area contributed by atoms with Crippen LogP contribution in [0.25, 0.3) is 22.3 Å². The van der Waals surface area contributed by atoms with E-state index in [2.05, 4.69) is 5.32 Å². The third kappa shape index (κ3) is 5.39. The van der Waals surface area contributed by atoms with Gasteiger partial charge in [-0.1, -0.05) is 13.0 Å². The Morgan fingerprint density at radius 1 is 1.00 bits per heavy atom. The molecule has 5 rings (SSSR count). The number of benzene rings is 3. The van der Waals surface area contributed by atoms with Crippen LogP contribution < -0.4 is 5.32 Å². The average Bonchev–Trinajstić information content (AvgIpc) is 3.29. The van der Waals surface area contributed by atoms with Crippen molar-refractivity contribution in [2.24, 2.45) is 5.92 Å². The lowest BCUT2D eigenvalue weighted by atomic mass is 10.0. The van der Waals surface area contributed by atoms with E-state index in [4.69, 9.17) is 9.97 Å². The van der Waals surface area contributed by atoms with Crippen LogP contribution in [0.15, 0.2) is 60.7 Å². The molecule has 0 radical (unpaired) electrons. The Morgan fingerprint density at radius 3 is 2.53 bits per heavy atom. The van der Waals surface area contributed by atoms with Gasteiger partial charge in [0, 0.05) is 11.1 Å². The van der Waals surface area contributed by atoms with Gasteiger partial charge in [0.2, 0.25) is 0 Å². The first-order chi connectivity index (χ1) is 18.3. The predicted molar refractivity (Wildman–Crippen MR) is 140 cm³/mol. The van der Waals surface area contributed by atoms with E-state index in [1.165, 1.54) is 24.3 Å². The molecule has 0 fully saturated rings. The predicted octanol–water partition coefficient (Wildman–Crippen LogP) is 6.04. The third-order valence-electron chi connectivity index (χ3n) is 7.08. The molecule has 38 heavy (non-hydrogen) atoms. The summed E-state index contributed by atoms with van der Waals surface area (Å²) in [7, 11) is 0. The fraction of sp³-hybridized carbons (Fsp3) is 0.267. The maximum absolute atomic E-state index is 13.6. The van der Waals surface area contributed by atoms with Gasteiger partial charge < -0.3 is 10.4 Å². The number of carbonyl (C=O) groups is 2. The van der Waals surface area contributed by atoms with Gasteiger partial charge in [0.05, 0.1) is 34.4 Å². The topological polar surface area (TPSA) is 92.2 Å². The standard InChI is InChI=1S/C30H27F2N3O3/c1-17(30(37)38)3-2-4-26-28(18-5-9-21(31)10-6-18)34-25-14-8-20(16-27(25)33-26)29(36)35-24-13-7-19-15-22(32)11-12-23(19)24/h5-6,8-12,14-17,24H,2-4,7,13H2,1H3,(H,35,36)(H,37,38)/t17-,24+/m0/s1. The zero-order valence-corrected chi connectivity index (χ0v) is 20.9. The fourth-order valence-electron chi connectivity index (χ4n) is 4.92. The molecular weight excluding hydrogens is 488 g/mol. The van der Waals surface area contributed by atoms with Crippen LogP contribution in [0.4, 0.5) is 8.78 Å². The van der Waals surface area contributed by atoms with Gasteiger partial charge >= 0.3 is 5.97 Å². The van der Waals surface area contributed by atoms with E-state index in [-0.39, 0.29) is 23.6 Å². The average molecular weight is 516 g/mol. The van der Waals surface area contributed by atoms with Gasteiger partial charge in [0.25, 0.3) is 5.91 Å². The van der Waals surface area contributed by atoms with Crippen molar-refractivity contribution in [1.82, 2.24) is 15.3 Å². The minimum atomic E-state index is -0.848. The van der Waals surface area contributed by atoms with Crippen molar-refractivity contribution in [3.05, 3.63) is 94.7 Å². The zero-order valence-electron chi connectivity index (χ0n) is 20.9. The quantitative estimate of drug-likeness (QED) is 0.299. The number of aromatic nitrogens is 2. The molecule has 0 saturated carbocycles. The normalized spacial score (nSPS) is 15.3. The molecule has 6 nitrogen and oxygen atoms in total. The summed E-state index contributed by atoms with van der Waals surface area (Å²) >= 11 is 0. The van der Waals surface area contributed by atoms with E-state index < -0.39 is 11.9 Å². The number of aryl methyl sites for hydroxylation is 2. The van der Waals surface area contributed by atoms with Gasteiger partial charge in [-0.2, -0.15) is 0 Å². The molecule has 0 aliphatic heterocycles. The number of amides is 1. The maximum atomic E-state index is 13.6. The molecular formula is C30H27F2N3O3. The van der Waals surface area contributed by atoms with Gasteiger partial charge in [-0.15, -0.1) is 0 Å². The number of nitrogens with zero attached hydrogens (tertiary/aromatic N) is 2. The van der Waals surface area contributed by atoms with Gasteiger partial charge in [-0.3, -0.25) is 9.59 Å². The minimum Gasteiger partial charge on any atom is -0.481 e. The highest BCUT2D eigenvalue weighted by Gasteiger charge is 2.25. The lowest BCUT2D eigenvalue weighted by molar-refractivity contribution is -0.141. The molecule has 0 unspecified atom stereocenters. The van der Waals surface area contributed by atoms with Crippen molar-refractivity contribution in [2.45, 2.75) is 45.1 Å². The Balaban J connectivity index is 1.43. The molecule has 3 aromatic carbocycles. The second-order valence-electron chi connectivity index (χ2n) is 9.77. The molecule has 8 heteroatoms. The van der Waals surface area contributed by atoms with E-state index in [1.54, 1.807) is 43.3 Å². The summed E-state index contributed by atoms with van der Waals surface area (Å²) in [6.45, 7) is 1.67. The van der Waals surface area contributed by atoms with Crippen LogP contribution in [-0.4, -0.2) is 27.0 Å². The molecule has 1 aliphatic rings. The van der Waals surface area contributed by atoms with Crippen LogP contribution in [0.3, 0.4) is 0 Å². The second kappa shape index (κ2) is 10.7. The number of carboxylic acids is 1. The van der Waals surface area contributed by atoms with Gasteiger partial charge in [-0.05, 0) is 97.8 Å². The molecule has 1 aromatic heterocycles. The first kappa shape index (κ1) is 25.4. The molecule has 0 saturated heterocycles. The number of aliphatic carboxylic acids is 1. The maximum Gasteiger partial charge on any atom is 0.306 e. The third-order valence-corrected chi connectivity index (χ3v) is 7.08. The van der Waals surface area contributed by atoms with Gasteiger partial charge in [0.1, 0.15) is 11.6 Å². The summed E-state index contributed by atoms with van der Waals surface area (Å²) in [5.74, 6) is -2.22. The van der Waals surface area contributed by atoms with Crippen LogP contribution in [0.5, 0.6) is 0 Å². The molecule has 4 aromatic rings. The highest BCUT2D eigenvalue weighted by molar-refractivity contribution is 5.97. The smallest absolute Gasteiger partial charge is 0.306 e. The van der Waals surface area contributed by atoms with E-state index in [1.807, 2.05) is 0 Å². The fourth-order valence-corrected chi connectivity index (χ4v) is 4.92. The molecule has 1 amide bonds. The number of carboxylic acid groups (broad SMARTS) is 1. The molecule has 194 valence electrons. The van der Waals surface area contributed by atoms with Gasteiger partial charge in [0.15, 0.2) is 0 Å². The minimum absolute atomic E-state index is 0.187. The summed E-state index contributed by atoms with van der Waals surface area (Å²) in [4.78, 5) is 33.9. The molecule has 1 aliphatic carbocycles. The van der Waals surface area contributed by atoms with Crippen LogP contribution >= 0.6 is 0 Å². The van der Waals surface area contributed by atoms with Crippen molar-refractivity contribution in [3.63, 3.8) is 0 Å². The summed E-state index contributed by atoms with van der Waals surface area (Å²) < 4.78 is 27.1. The van der Waals surface area contributed by atoms with Crippen LogP contribution in [0, 0.1) is 17.6 Å². The largest absolute Gasteiger partial charge is 0.481 e. The highest BCUT2D eigenvalue weighted by Crippen LogP contribution is 2.32. The zero-order chi connectivity index (χ0) is 26.8. The first-order valence-electron chi connectivity index (χ1n) is 12.7. The monoisotopic (exact) mass is 515 g/mol. The summed E-state index contributed by atoms with van der Waals surface area (Å²) in [6, 6.07) is 15.6. The second-order valence-corrected chi connectivity index (χ2v) is 9.77. The number of rotatable bonds is 8. The van der Waals surface area contributed by atoms with E-state index >= 15 is 0 Å². The molecule has 0 bridgehead atoms. The SMILES string of the molecule is C[C@@H](CCCc1nc2cc(C(=O)N[C@@H]3CCc4cc(F)ccc43)ccc2nc1-c1ccc(F)cc1)C(=O)O. The number of carbonyl (C=O) groups excluding carboxylic acids is 1. The number of hydrogen-bond donors (Lipinski definition) is 2. The number of hydrogen-bond acceptors (Lipinski definition) is 4. The van der Waals surface area contributed by atoms with Crippen molar-refractivity contribution in [2.75, 3.05) is 0 Å². The Kier molecular flexibility index (Phi) is 7.13. The Labute approximate surface area is 218 Å². The summed E-state index contributed by atoms with van der Waals surface area (Å²) in [5, 5.41) is 12.3. The van der Waals surface area contributed by atoms with Crippen molar-refractivity contribution < 1.29 is 23.5 Å². The number of fused-ring (bicyclic) bond motifs is 2. The molecule has 2 atom stereocenters. The van der Waals surface area contributed by atoms with Crippen LogP contribution in [0.2, 0.25) is 0 Å². The van der Waals surface area contributed by atoms with E-state index in [0.717, 1.165) is 11.1 Å². The Hall–Kier alpha value is -4.20. The van der Waals surface area contributed by atoms with Crippen molar-refractivity contribution >= 4 is 22.9 Å². The lowest BCUT2D eigenvalue weighted by Gasteiger charge is -2.15. The van der Waals surface area contributed by atoms with Crippen LogP contribution in [0.1, 0.15) is 59.4 Å². The Morgan fingerprint density at radius 2 is 1.76 bits per heavy atom. The van der Waals surface area contributed by atoms with E-state index in [0.29, 0.717) is 65.7 Å². The first-order valence-corrected chi connectivity index (χ1v) is 12.7.